The Morgan fingerprint density at radius 3 is 2.55 bits per heavy atom. The van der Waals surface area contributed by atoms with Gasteiger partial charge in [0.05, 0.1) is 30.5 Å². The van der Waals surface area contributed by atoms with Gasteiger partial charge in [-0.15, -0.1) is 0 Å². The Labute approximate surface area is 171 Å². The van der Waals surface area contributed by atoms with Crippen LogP contribution < -0.4 is 19.7 Å². The maximum atomic E-state index is 12.9. The van der Waals surface area contributed by atoms with Crippen molar-refractivity contribution in [2.75, 3.05) is 30.0 Å². The maximum absolute atomic E-state index is 12.9. The molecule has 2 aromatic rings. The smallest absolute Gasteiger partial charge is 0.229 e. The first-order chi connectivity index (χ1) is 14.1. The number of hydrogen-bond acceptors (Lipinski definition) is 4. The molecular weight excluding hydrogens is 368 g/mol. The molecule has 2 aromatic carbocycles. The lowest BCUT2D eigenvalue weighted by atomic mass is 10.1. The van der Waals surface area contributed by atoms with Gasteiger partial charge in [0.15, 0.2) is 0 Å². The van der Waals surface area contributed by atoms with Crippen LogP contribution in [0, 0.1) is 5.92 Å². The molecule has 1 aliphatic heterocycles. The van der Waals surface area contributed by atoms with Crippen molar-refractivity contribution in [2.24, 2.45) is 5.92 Å². The Morgan fingerprint density at radius 1 is 1.07 bits per heavy atom. The summed E-state index contributed by atoms with van der Waals surface area (Å²) in [5, 5.41) is 2.94. The Morgan fingerprint density at radius 2 is 1.79 bits per heavy atom. The largest absolute Gasteiger partial charge is 0.492 e. The van der Waals surface area contributed by atoms with Crippen LogP contribution in [-0.2, 0) is 9.59 Å². The molecule has 1 saturated heterocycles. The molecule has 1 heterocycles. The fraction of sp³-hybridized carbons (Fsp3) is 0.391. The van der Waals surface area contributed by atoms with Crippen molar-refractivity contribution in [2.45, 2.75) is 33.1 Å². The Balaban J connectivity index is 1.69. The first-order valence-electron chi connectivity index (χ1n) is 10.2. The second-order valence-corrected chi connectivity index (χ2v) is 6.99. The summed E-state index contributed by atoms with van der Waals surface area (Å²) in [6.45, 7) is 5.45. The van der Waals surface area contributed by atoms with Gasteiger partial charge in [0, 0.05) is 13.0 Å². The summed E-state index contributed by atoms with van der Waals surface area (Å²) in [6.07, 6.45) is 2.16. The fourth-order valence-electron chi connectivity index (χ4n) is 3.33. The SMILES string of the molecule is CCCCOc1ccccc1NC(=O)C1CC(=O)N(c2ccccc2OCC)C1. The van der Waals surface area contributed by atoms with Gasteiger partial charge >= 0.3 is 0 Å². The number of amides is 2. The molecule has 1 aliphatic rings. The third kappa shape index (κ3) is 5.08. The van der Waals surface area contributed by atoms with Crippen LogP contribution in [0.25, 0.3) is 0 Å². The van der Waals surface area contributed by atoms with Gasteiger partial charge in [0.2, 0.25) is 11.8 Å². The second-order valence-electron chi connectivity index (χ2n) is 6.99. The minimum absolute atomic E-state index is 0.0789. The van der Waals surface area contributed by atoms with Gasteiger partial charge in [0.1, 0.15) is 11.5 Å². The molecule has 3 rings (SSSR count). The third-order valence-electron chi connectivity index (χ3n) is 4.85. The monoisotopic (exact) mass is 396 g/mol. The second kappa shape index (κ2) is 9.96. The van der Waals surface area contributed by atoms with E-state index in [2.05, 4.69) is 12.2 Å². The molecule has 0 spiro atoms. The molecule has 0 radical (unpaired) electrons. The van der Waals surface area contributed by atoms with Gasteiger partial charge in [-0.25, -0.2) is 0 Å². The maximum Gasteiger partial charge on any atom is 0.229 e. The van der Waals surface area contributed by atoms with Gasteiger partial charge < -0.3 is 19.7 Å². The Hall–Kier alpha value is -3.02. The molecule has 0 bridgehead atoms. The Kier molecular flexibility index (Phi) is 7.11. The molecule has 1 fully saturated rings. The van der Waals surface area contributed by atoms with Crippen molar-refractivity contribution in [1.82, 2.24) is 0 Å². The molecule has 1 unspecified atom stereocenters. The summed E-state index contributed by atoms with van der Waals surface area (Å²) < 4.78 is 11.4. The molecule has 2 amide bonds. The number of carbonyl (C=O) groups is 2. The predicted molar refractivity (Wildman–Crippen MR) is 114 cm³/mol. The minimum atomic E-state index is -0.430. The molecule has 6 nitrogen and oxygen atoms in total. The summed E-state index contributed by atoms with van der Waals surface area (Å²) in [6, 6.07) is 14.8. The van der Waals surface area contributed by atoms with E-state index in [1.54, 1.807) is 4.90 Å². The molecule has 0 aliphatic carbocycles. The summed E-state index contributed by atoms with van der Waals surface area (Å²) >= 11 is 0. The molecular formula is C23H28N2O4. The zero-order valence-electron chi connectivity index (χ0n) is 17.0. The highest BCUT2D eigenvalue weighted by molar-refractivity contribution is 6.04. The number of benzene rings is 2. The lowest BCUT2D eigenvalue weighted by molar-refractivity contribution is -0.122. The first kappa shape index (κ1) is 20.7. The van der Waals surface area contributed by atoms with Crippen LogP contribution >= 0.6 is 0 Å². The molecule has 29 heavy (non-hydrogen) atoms. The average Bonchev–Trinajstić information content (AvgIpc) is 3.12. The topological polar surface area (TPSA) is 67.9 Å². The number of nitrogens with one attached hydrogen (secondary N) is 1. The van der Waals surface area contributed by atoms with Crippen molar-refractivity contribution < 1.29 is 19.1 Å². The lowest BCUT2D eigenvalue weighted by Gasteiger charge is -2.20. The quantitative estimate of drug-likeness (QED) is 0.643. The van der Waals surface area contributed by atoms with Crippen LogP contribution in [0.1, 0.15) is 33.1 Å². The van der Waals surface area contributed by atoms with E-state index in [1.165, 1.54) is 0 Å². The molecule has 0 aromatic heterocycles. The third-order valence-corrected chi connectivity index (χ3v) is 4.85. The summed E-state index contributed by atoms with van der Waals surface area (Å²) in [5.74, 6) is 0.614. The summed E-state index contributed by atoms with van der Waals surface area (Å²) in [5.41, 5.74) is 1.34. The molecule has 154 valence electrons. The van der Waals surface area contributed by atoms with Crippen molar-refractivity contribution in [3.8, 4) is 11.5 Å². The van der Waals surface area contributed by atoms with E-state index in [0.29, 0.717) is 42.6 Å². The highest BCUT2D eigenvalue weighted by Crippen LogP contribution is 2.34. The van der Waals surface area contributed by atoms with Crippen molar-refractivity contribution >= 4 is 23.2 Å². The van der Waals surface area contributed by atoms with E-state index in [0.717, 1.165) is 12.8 Å². The number of ether oxygens (including phenoxy) is 2. The van der Waals surface area contributed by atoms with E-state index in [9.17, 15) is 9.59 Å². The predicted octanol–water partition coefficient (Wildman–Crippen LogP) is 4.26. The van der Waals surface area contributed by atoms with E-state index in [-0.39, 0.29) is 18.2 Å². The average molecular weight is 396 g/mol. The van der Waals surface area contributed by atoms with Gasteiger partial charge in [-0.2, -0.15) is 0 Å². The molecule has 0 saturated carbocycles. The molecule has 1 N–H and O–H groups in total. The first-order valence-corrected chi connectivity index (χ1v) is 10.2. The van der Waals surface area contributed by atoms with Crippen LogP contribution in [0.4, 0.5) is 11.4 Å². The van der Waals surface area contributed by atoms with Gasteiger partial charge in [-0.1, -0.05) is 37.6 Å². The molecule has 1 atom stereocenters. The van der Waals surface area contributed by atoms with Crippen LogP contribution in [-0.4, -0.2) is 31.6 Å². The zero-order chi connectivity index (χ0) is 20.6. The van der Waals surface area contributed by atoms with Gasteiger partial charge in [-0.05, 0) is 37.6 Å². The van der Waals surface area contributed by atoms with Gasteiger partial charge in [0.25, 0.3) is 0 Å². The zero-order valence-corrected chi connectivity index (χ0v) is 17.0. The standard InChI is InChI=1S/C23H28N2O4/c1-3-5-14-29-20-12-8-6-10-18(20)24-23(27)17-15-22(26)25(16-17)19-11-7-9-13-21(19)28-4-2/h6-13,17H,3-5,14-16H2,1-2H3,(H,24,27). The Bertz CT molecular complexity index is 852. The fourth-order valence-corrected chi connectivity index (χ4v) is 3.33. The van der Waals surface area contributed by atoms with E-state index in [4.69, 9.17) is 9.47 Å². The number of carbonyl (C=O) groups excluding carboxylic acids is 2. The highest BCUT2D eigenvalue weighted by Gasteiger charge is 2.36. The number of unbranched alkanes of at least 4 members (excludes halogenated alkanes) is 1. The molecule has 6 heteroatoms. The van der Waals surface area contributed by atoms with Crippen LogP contribution in [0.15, 0.2) is 48.5 Å². The lowest BCUT2D eigenvalue weighted by Crippen LogP contribution is -2.28. The van der Waals surface area contributed by atoms with Crippen LogP contribution in [0.3, 0.4) is 0 Å². The van der Waals surface area contributed by atoms with Crippen LogP contribution in [0.2, 0.25) is 0 Å². The van der Waals surface area contributed by atoms with Crippen molar-refractivity contribution in [1.29, 1.82) is 0 Å². The highest BCUT2D eigenvalue weighted by atomic mass is 16.5. The summed E-state index contributed by atoms with van der Waals surface area (Å²) in [7, 11) is 0. The number of rotatable bonds is 9. The number of para-hydroxylation sites is 4. The number of anilines is 2. The number of hydrogen-bond donors (Lipinski definition) is 1. The van der Waals surface area contributed by atoms with Gasteiger partial charge in [-0.3, -0.25) is 9.59 Å². The summed E-state index contributed by atoms with van der Waals surface area (Å²) in [4.78, 5) is 27.1. The van der Waals surface area contributed by atoms with E-state index < -0.39 is 5.92 Å². The van der Waals surface area contributed by atoms with Crippen LogP contribution in [0.5, 0.6) is 11.5 Å². The van der Waals surface area contributed by atoms with E-state index >= 15 is 0 Å². The van der Waals surface area contributed by atoms with Crippen molar-refractivity contribution in [3.05, 3.63) is 48.5 Å². The van der Waals surface area contributed by atoms with Crippen molar-refractivity contribution in [3.63, 3.8) is 0 Å². The van der Waals surface area contributed by atoms with E-state index in [1.807, 2.05) is 55.5 Å². The minimum Gasteiger partial charge on any atom is -0.492 e. The number of nitrogens with zero attached hydrogens (tertiary/aromatic N) is 1. The normalized spacial score (nSPS) is 16.0.